The zero-order chi connectivity index (χ0) is 28.7. The van der Waals surface area contributed by atoms with Crippen LogP contribution < -0.4 is 14.8 Å². The van der Waals surface area contributed by atoms with Gasteiger partial charge in [0.1, 0.15) is 18.1 Å². The van der Waals surface area contributed by atoms with E-state index >= 15 is 0 Å². The van der Waals surface area contributed by atoms with Crippen molar-refractivity contribution in [3.63, 3.8) is 0 Å². The number of carbonyl (C=O) groups is 2. The molecule has 210 valence electrons. The quantitative estimate of drug-likeness (QED) is 0.287. The molecule has 2 heterocycles. The third kappa shape index (κ3) is 6.56. The summed E-state index contributed by atoms with van der Waals surface area (Å²) in [6.07, 6.45) is 4.47. The van der Waals surface area contributed by atoms with Crippen molar-refractivity contribution >= 4 is 22.8 Å². The first-order chi connectivity index (χ1) is 19.3. The van der Waals surface area contributed by atoms with Gasteiger partial charge in [-0.3, -0.25) is 14.6 Å². The molecule has 2 aromatic heterocycles. The van der Waals surface area contributed by atoms with Crippen molar-refractivity contribution in [3.8, 4) is 11.5 Å². The molecule has 0 radical (unpaired) electrons. The van der Waals surface area contributed by atoms with Gasteiger partial charge in [0, 0.05) is 24.5 Å². The highest BCUT2D eigenvalue weighted by Crippen LogP contribution is 2.29. The Hall–Kier alpha value is -4.47. The van der Waals surface area contributed by atoms with Crippen LogP contribution in [-0.2, 0) is 22.6 Å². The van der Waals surface area contributed by atoms with E-state index < -0.39 is 11.6 Å². The Morgan fingerprint density at radius 2 is 1.75 bits per heavy atom. The highest BCUT2D eigenvalue weighted by Gasteiger charge is 2.34. The van der Waals surface area contributed by atoms with E-state index in [4.69, 9.17) is 9.47 Å². The third-order valence-corrected chi connectivity index (χ3v) is 7.04. The molecule has 4 rings (SSSR count). The van der Waals surface area contributed by atoms with Gasteiger partial charge in [0.25, 0.3) is 0 Å². The number of hydrogen-bond donors (Lipinski definition) is 1. The van der Waals surface area contributed by atoms with Crippen molar-refractivity contribution in [1.29, 1.82) is 0 Å². The monoisotopic (exact) mass is 544 g/mol. The lowest BCUT2D eigenvalue weighted by atomic mass is 9.98. The van der Waals surface area contributed by atoms with Crippen LogP contribution in [0.1, 0.15) is 44.4 Å². The number of pyridine rings is 1. The molecule has 0 saturated carbocycles. The first-order valence-electron chi connectivity index (χ1n) is 13.3. The first-order valence-corrected chi connectivity index (χ1v) is 13.3. The Morgan fingerprint density at radius 3 is 2.45 bits per heavy atom. The zero-order valence-electron chi connectivity index (χ0n) is 23.6. The molecule has 10 nitrogen and oxygen atoms in total. The molecule has 0 unspecified atom stereocenters. The van der Waals surface area contributed by atoms with E-state index in [9.17, 15) is 9.59 Å². The molecule has 0 spiro atoms. The Balaban J connectivity index is 1.71. The van der Waals surface area contributed by atoms with E-state index in [2.05, 4.69) is 20.6 Å². The fraction of sp³-hybridized carbons (Fsp3) is 0.367. The van der Waals surface area contributed by atoms with Crippen LogP contribution in [0, 0.1) is 0 Å². The molecule has 2 amide bonds. The molecule has 0 aliphatic carbocycles. The van der Waals surface area contributed by atoms with Crippen molar-refractivity contribution in [2.45, 2.75) is 51.7 Å². The second-order valence-electron chi connectivity index (χ2n) is 10.2. The Morgan fingerprint density at radius 1 is 1.02 bits per heavy atom. The minimum absolute atomic E-state index is 0.0710. The van der Waals surface area contributed by atoms with Crippen LogP contribution in [0.2, 0.25) is 0 Å². The lowest BCUT2D eigenvalue weighted by molar-refractivity contribution is -0.142. The average molecular weight is 545 g/mol. The van der Waals surface area contributed by atoms with Gasteiger partial charge in [-0.05, 0) is 74.2 Å². The van der Waals surface area contributed by atoms with Crippen molar-refractivity contribution < 1.29 is 19.1 Å². The molecule has 10 heteroatoms. The topological polar surface area (TPSA) is 111 Å². The second-order valence-corrected chi connectivity index (χ2v) is 10.2. The van der Waals surface area contributed by atoms with Crippen molar-refractivity contribution in [1.82, 2.24) is 30.2 Å². The molecule has 1 N–H and O–H groups in total. The molecule has 0 aliphatic heterocycles. The zero-order valence-corrected chi connectivity index (χ0v) is 23.6. The lowest BCUT2D eigenvalue weighted by Crippen LogP contribution is -2.51. The third-order valence-electron chi connectivity index (χ3n) is 7.04. The van der Waals surface area contributed by atoms with E-state index in [-0.39, 0.29) is 24.9 Å². The number of carbonyl (C=O) groups excluding carboxylic acids is 2. The number of hydrogen-bond acceptors (Lipinski definition) is 7. The summed E-state index contributed by atoms with van der Waals surface area (Å²) in [6, 6.07) is 15.8. The van der Waals surface area contributed by atoms with E-state index in [0.29, 0.717) is 29.0 Å². The molecule has 2 aromatic carbocycles. The van der Waals surface area contributed by atoms with Crippen molar-refractivity contribution in [2.75, 3.05) is 20.8 Å². The second kappa shape index (κ2) is 12.6. The maximum atomic E-state index is 14.1. The fourth-order valence-electron chi connectivity index (χ4n) is 4.45. The largest absolute Gasteiger partial charge is 0.493 e. The number of para-hydroxylation sites is 1. The Labute approximate surface area is 234 Å². The molecule has 0 fully saturated rings. The number of amides is 2. The average Bonchev–Trinajstić information content (AvgIpc) is 3.37. The van der Waals surface area contributed by atoms with Crippen molar-refractivity contribution in [3.05, 3.63) is 78.1 Å². The molecular weight excluding hydrogens is 508 g/mol. The summed E-state index contributed by atoms with van der Waals surface area (Å²) in [5.41, 5.74) is 2.59. The summed E-state index contributed by atoms with van der Waals surface area (Å²) in [7, 11) is 3.17. The molecule has 0 aliphatic rings. The number of aromatic nitrogens is 4. The molecule has 0 saturated heterocycles. The number of nitrogens with one attached hydrogen (secondary N) is 1. The van der Waals surface area contributed by atoms with Crippen molar-refractivity contribution in [2.24, 2.45) is 0 Å². The minimum Gasteiger partial charge on any atom is -0.493 e. The normalized spacial score (nSPS) is 12.1. The number of benzene rings is 2. The van der Waals surface area contributed by atoms with E-state index in [0.717, 1.165) is 17.5 Å². The number of methoxy groups -OCH3 is 2. The molecule has 4 aromatic rings. The lowest BCUT2D eigenvalue weighted by Gasteiger charge is -2.34. The van der Waals surface area contributed by atoms with Gasteiger partial charge in [0.05, 0.1) is 19.7 Å². The van der Waals surface area contributed by atoms with Gasteiger partial charge in [0.15, 0.2) is 11.5 Å². The predicted octanol–water partition coefficient (Wildman–Crippen LogP) is 3.96. The summed E-state index contributed by atoms with van der Waals surface area (Å²) < 4.78 is 12.4. The molecule has 40 heavy (non-hydrogen) atoms. The van der Waals surface area contributed by atoms with E-state index in [1.165, 1.54) is 0 Å². The Kier molecular flexibility index (Phi) is 8.98. The van der Waals surface area contributed by atoms with Crippen LogP contribution in [0.15, 0.2) is 67.0 Å². The first kappa shape index (κ1) is 28.5. The SMILES string of the molecule is CCC(C)(C)NC(=O)[C@@H](c1ccncc1)N(CCc1ccc(OC)c(OC)c1)C(=O)Cn1nnc2ccccc21. The fourth-order valence-corrected chi connectivity index (χ4v) is 4.45. The summed E-state index contributed by atoms with van der Waals surface area (Å²) in [5, 5.41) is 11.5. The summed E-state index contributed by atoms with van der Waals surface area (Å²) >= 11 is 0. The van der Waals surface area contributed by atoms with Gasteiger partial charge in [-0.2, -0.15) is 0 Å². The molecular formula is C30H36N6O4. The number of fused-ring (bicyclic) bond motifs is 1. The van der Waals surface area contributed by atoms with Crippen LogP contribution in [0.4, 0.5) is 0 Å². The van der Waals surface area contributed by atoms with Crippen LogP contribution in [0.5, 0.6) is 11.5 Å². The summed E-state index contributed by atoms with van der Waals surface area (Å²) in [5.74, 6) is 0.692. The van der Waals surface area contributed by atoms with Crippen LogP contribution in [-0.4, -0.2) is 63.0 Å². The summed E-state index contributed by atoms with van der Waals surface area (Å²) in [6.45, 7) is 6.14. The summed E-state index contributed by atoms with van der Waals surface area (Å²) in [4.78, 5) is 33.7. The number of ether oxygens (including phenoxy) is 2. The van der Waals surface area contributed by atoms with Crippen LogP contribution in [0.3, 0.4) is 0 Å². The van der Waals surface area contributed by atoms with E-state index in [1.54, 1.807) is 48.3 Å². The number of rotatable bonds is 12. The maximum Gasteiger partial charge on any atom is 0.247 e. The highest BCUT2D eigenvalue weighted by molar-refractivity contribution is 5.89. The molecule has 1 atom stereocenters. The van der Waals surface area contributed by atoms with Gasteiger partial charge in [-0.1, -0.05) is 30.3 Å². The molecule has 0 bridgehead atoms. The minimum atomic E-state index is -0.878. The standard InChI is InChI=1S/C30H36N6O4/c1-6-30(2,3)32-29(38)28(22-13-16-31-17-14-22)35(18-15-21-11-12-25(39-4)26(19-21)40-5)27(37)20-36-24-10-8-7-9-23(24)33-34-36/h7-14,16-17,19,28H,6,15,18,20H2,1-5H3,(H,32,38)/t28-/m1/s1. The van der Waals surface area contributed by atoms with Gasteiger partial charge in [-0.15, -0.1) is 5.10 Å². The van der Waals surface area contributed by atoms with Gasteiger partial charge >= 0.3 is 0 Å². The highest BCUT2D eigenvalue weighted by atomic mass is 16.5. The van der Waals surface area contributed by atoms with Crippen LogP contribution >= 0.6 is 0 Å². The van der Waals surface area contributed by atoms with Gasteiger partial charge in [0.2, 0.25) is 11.8 Å². The van der Waals surface area contributed by atoms with E-state index in [1.807, 2.05) is 63.2 Å². The predicted molar refractivity (Wildman–Crippen MR) is 152 cm³/mol. The number of nitrogens with zero attached hydrogens (tertiary/aromatic N) is 5. The van der Waals surface area contributed by atoms with Gasteiger partial charge < -0.3 is 19.7 Å². The smallest absolute Gasteiger partial charge is 0.247 e. The van der Waals surface area contributed by atoms with Crippen LogP contribution in [0.25, 0.3) is 11.0 Å². The maximum absolute atomic E-state index is 14.1. The van der Waals surface area contributed by atoms with Gasteiger partial charge in [-0.25, -0.2) is 4.68 Å². The Bertz CT molecular complexity index is 1450.